The Bertz CT molecular complexity index is 834. The van der Waals surface area contributed by atoms with Crippen molar-refractivity contribution < 1.29 is 14.3 Å². The lowest BCUT2D eigenvalue weighted by molar-refractivity contribution is 0.0526. The second kappa shape index (κ2) is 8.05. The SMILES string of the molecule is CCOC(=O)c1c(NC(=O)c2cc(I)ccc2Cl)sc2c1CCCC2. The van der Waals surface area contributed by atoms with Crippen molar-refractivity contribution in [1.29, 1.82) is 0 Å². The van der Waals surface area contributed by atoms with E-state index in [1.54, 1.807) is 19.1 Å². The average molecular weight is 490 g/mol. The fourth-order valence-electron chi connectivity index (χ4n) is 2.92. The fraction of sp³-hybridized carbons (Fsp3) is 0.333. The van der Waals surface area contributed by atoms with Gasteiger partial charge in [-0.2, -0.15) is 0 Å². The number of fused-ring (bicyclic) bond motifs is 1. The van der Waals surface area contributed by atoms with Gasteiger partial charge in [-0.1, -0.05) is 11.6 Å². The third-order valence-electron chi connectivity index (χ3n) is 4.05. The molecule has 1 N–H and O–H groups in total. The molecule has 2 aromatic rings. The molecule has 1 aliphatic rings. The number of hydrogen-bond acceptors (Lipinski definition) is 4. The molecule has 1 aromatic carbocycles. The second-order valence-electron chi connectivity index (χ2n) is 5.71. The molecule has 7 heteroatoms. The Morgan fingerprint density at radius 1 is 1.32 bits per heavy atom. The summed E-state index contributed by atoms with van der Waals surface area (Å²) in [4.78, 5) is 26.3. The Morgan fingerprint density at radius 3 is 2.84 bits per heavy atom. The zero-order chi connectivity index (χ0) is 18.0. The maximum atomic E-state index is 12.7. The van der Waals surface area contributed by atoms with Gasteiger partial charge in [0.15, 0.2) is 0 Å². The monoisotopic (exact) mass is 489 g/mol. The highest BCUT2D eigenvalue weighted by Gasteiger charge is 2.27. The van der Waals surface area contributed by atoms with Gasteiger partial charge in [0.25, 0.3) is 5.91 Å². The molecule has 0 saturated heterocycles. The number of esters is 1. The molecule has 1 heterocycles. The Morgan fingerprint density at radius 2 is 2.08 bits per heavy atom. The summed E-state index contributed by atoms with van der Waals surface area (Å²) in [6, 6.07) is 5.27. The van der Waals surface area contributed by atoms with E-state index < -0.39 is 0 Å². The van der Waals surface area contributed by atoms with Gasteiger partial charge in [-0.15, -0.1) is 11.3 Å². The second-order valence-corrected chi connectivity index (χ2v) is 8.47. The lowest BCUT2D eigenvalue weighted by Gasteiger charge is -2.12. The van der Waals surface area contributed by atoms with E-state index >= 15 is 0 Å². The van der Waals surface area contributed by atoms with Gasteiger partial charge >= 0.3 is 5.97 Å². The summed E-state index contributed by atoms with van der Waals surface area (Å²) in [6.07, 6.45) is 3.93. The van der Waals surface area contributed by atoms with Crippen LogP contribution in [0, 0.1) is 3.57 Å². The van der Waals surface area contributed by atoms with Crippen LogP contribution >= 0.6 is 45.5 Å². The minimum atomic E-state index is -0.370. The lowest BCUT2D eigenvalue weighted by Crippen LogP contribution is -2.16. The molecular weight excluding hydrogens is 473 g/mol. The van der Waals surface area contributed by atoms with Gasteiger partial charge in [0.2, 0.25) is 0 Å². The number of carbonyl (C=O) groups is 2. The molecule has 0 fully saturated rings. The third kappa shape index (κ3) is 4.01. The highest BCUT2D eigenvalue weighted by molar-refractivity contribution is 14.1. The number of thiophene rings is 1. The van der Waals surface area contributed by atoms with Crippen molar-refractivity contribution in [3.63, 3.8) is 0 Å². The topological polar surface area (TPSA) is 55.4 Å². The molecule has 1 amide bonds. The van der Waals surface area contributed by atoms with E-state index in [0.29, 0.717) is 27.8 Å². The quantitative estimate of drug-likeness (QED) is 0.467. The third-order valence-corrected chi connectivity index (χ3v) is 6.26. The van der Waals surface area contributed by atoms with Crippen LogP contribution < -0.4 is 5.32 Å². The van der Waals surface area contributed by atoms with E-state index in [1.165, 1.54) is 16.2 Å². The van der Waals surface area contributed by atoms with Crippen LogP contribution in [0.15, 0.2) is 18.2 Å². The number of amides is 1. The van der Waals surface area contributed by atoms with Crippen molar-refractivity contribution in [2.24, 2.45) is 0 Å². The summed E-state index contributed by atoms with van der Waals surface area (Å²) < 4.78 is 6.13. The summed E-state index contributed by atoms with van der Waals surface area (Å²) in [7, 11) is 0. The Hall–Kier alpha value is -1.12. The van der Waals surface area contributed by atoms with Crippen molar-refractivity contribution in [2.75, 3.05) is 11.9 Å². The highest BCUT2D eigenvalue weighted by atomic mass is 127. The van der Waals surface area contributed by atoms with Gasteiger partial charge in [-0.25, -0.2) is 4.79 Å². The summed E-state index contributed by atoms with van der Waals surface area (Å²) >= 11 is 9.76. The number of aryl methyl sites for hydroxylation is 1. The highest BCUT2D eigenvalue weighted by Crippen LogP contribution is 2.39. The first kappa shape index (κ1) is 18.7. The number of hydrogen-bond donors (Lipinski definition) is 1. The van der Waals surface area contributed by atoms with Crippen LogP contribution in [-0.4, -0.2) is 18.5 Å². The maximum Gasteiger partial charge on any atom is 0.341 e. The Balaban J connectivity index is 1.96. The zero-order valence-electron chi connectivity index (χ0n) is 13.7. The van der Waals surface area contributed by atoms with Gasteiger partial charge in [-0.05, 0) is 79.0 Å². The Kier molecular flexibility index (Phi) is 6.01. The Labute approximate surface area is 169 Å². The molecule has 0 radical (unpaired) electrons. The van der Waals surface area contributed by atoms with E-state index in [2.05, 4.69) is 27.9 Å². The normalized spacial score (nSPS) is 13.2. The molecule has 0 saturated carbocycles. The maximum absolute atomic E-state index is 12.7. The van der Waals surface area contributed by atoms with Crippen molar-refractivity contribution in [2.45, 2.75) is 32.6 Å². The van der Waals surface area contributed by atoms with Gasteiger partial charge < -0.3 is 10.1 Å². The number of anilines is 1. The molecule has 25 heavy (non-hydrogen) atoms. The van der Waals surface area contributed by atoms with Crippen LogP contribution in [0.5, 0.6) is 0 Å². The molecule has 0 spiro atoms. The molecule has 0 bridgehead atoms. The van der Waals surface area contributed by atoms with Gasteiger partial charge in [0.05, 0.1) is 22.8 Å². The molecule has 132 valence electrons. The first-order chi connectivity index (χ1) is 12.0. The average Bonchev–Trinajstić information content (AvgIpc) is 2.95. The van der Waals surface area contributed by atoms with E-state index in [-0.39, 0.29) is 11.9 Å². The summed E-state index contributed by atoms with van der Waals surface area (Å²) in [5, 5.41) is 3.83. The first-order valence-electron chi connectivity index (χ1n) is 8.09. The van der Waals surface area contributed by atoms with E-state index in [4.69, 9.17) is 16.3 Å². The predicted molar refractivity (Wildman–Crippen MR) is 109 cm³/mol. The molecular formula is C18H17ClINO3S. The number of rotatable bonds is 4. The van der Waals surface area contributed by atoms with Crippen molar-refractivity contribution in [1.82, 2.24) is 0 Å². The predicted octanol–water partition coefficient (Wildman–Crippen LogP) is 5.31. The number of benzene rings is 1. The summed E-state index contributed by atoms with van der Waals surface area (Å²) in [5.41, 5.74) is 1.94. The summed E-state index contributed by atoms with van der Waals surface area (Å²) in [5.74, 6) is -0.682. The molecule has 3 rings (SSSR count). The number of nitrogens with one attached hydrogen (secondary N) is 1. The van der Waals surface area contributed by atoms with Crippen molar-refractivity contribution in [3.8, 4) is 0 Å². The fourth-order valence-corrected chi connectivity index (χ4v) is 4.88. The van der Waals surface area contributed by atoms with E-state index in [0.717, 1.165) is 34.8 Å². The van der Waals surface area contributed by atoms with Crippen LogP contribution in [0.4, 0.5) is 5.00 Å². The molecule has 4 nitrogen and oxygen atoms in total. The zero-order valence-corrected chi connectivity index (χ0v) is 17.4. The van der Waals surface area contributed by atoms with Crippen LogP contribution in [0.2, 0.25) is 5.02 Å². The summed E-state index contributed by atoms with van der Waals surface area (Å²) in [6.45, 7) is 2.08. The van der Waals surface area contributed by atoms with Crippen molar-refractivity contribution >= 4 is 62.4 Å². The van der Waals surface area contributed by atoms with Crippen molar-refractivity contribution in [3.05, 3.63) is 48.4 Å². The standard InChI is InChI=1S/C18H17ClINO3S/c1-2-24-18(23)15-11-5-3-4-6-14(11)25-17(15)21-16(22)12-9-10(20)7-8-13(12)19/h7-9H,2-6H2,1H3,(H,21,22). The van der Waals surface area contributed by atoms with Crippen LogP contribution in [0.3, 0.4) is 0 Å². The van der Waals surface area contributed by atoms with Gasteiger partial charge in [0, 0.05) is 8.45 Å². The molecule has 0 unspecified atom stereocenters. The smallest absolute Gasteiger partial charge is 0.341 e. The first-order valence-corrected chi connectivity index (χ1v) is 10.4. The number of carbonyl (C=O) groups excluding carboxylic acids is 2. The minimum absolute atomic E-state index is 0.305. The van der Waals surface area contributed by atoms with Gasteiger partial charge in [-0.3, -0.25) is 4.79 Å². The largest absolute Gasteiger partial charge is 0.462 e. The van der Waals surface area contributed by atoms with Crippen LogP contribution in [-0.2, 0) is 17.6 Å². The van der Waals surface area contributed by atoms with E-state index in [1.807, 2.05) is 6.07 Å². The van der Waals surface area contributed by atoms with Crippen LogP contribution in [0.25, 0.3) is 0 Å². The minimum Gasteiger partial charge on any atom is -0.462 e. The molecule has 1 aliphatic carbocycles. The van der Waals surface area contributed by atoms with Crippen LogP contribution in [0.1, 0.15) is 50.9 Å². The number of halogens is 2. The molecule has 0 atom stereocenters. The lowest BCUT2D eigenvalue weighted by atomic mass is 9.95. The number of ether oxygens (including phenoxy) is 1. The van der Waals surface area contributed by atoms with Gasteiger partial charge in [0.1, 0.15) is 5.00 Å². The van der Waals surface area contributed by atoms with E-state index in [9.17, 15) is 9.59 Å². The molecule has 1 aromatic heterocycles. The molecule has 0 aliphatic heterocycles.